The van der Waals surface area contributed by atoms with Gasteiger partial charge in [-0.1, -0.05) is 36.4 Å². The third-order valence-electron chi connectivity index (χ3n) is 3.33. The Morgan fingerprint density at radius 1 is 0.913 bits per heavy atom. The number of rotatable bonds is 5. The van der Waals surface area contributed by atoms with Crippen molar-refractivity contribution in [3.8, 4) is 0 Å². The highest BCUT2D eigenvalue weighted by atomic mass is 16.2. The predicted molar refractivity (Wildman–Crippen MR) is 92.2 cm³/mol. The van der Waals surface area contributed by atoms with E-state index in [4.69, 9.17) is 0 Å². The molecule has 2 aromatic rings. The summed E-state index contributed by atoms with van der Waals surface area (Å²) in [7, 11) is 3.73. The van der Waals surface area contributed by atoms with Crippen LogP contribution in [0.1, 0.15) is 18.5 Å². The van der Waals surface area contributed by atoms with Gasteiger partial charge in [0.25, 0.3) is 0 Å². The largest absolute Gasteiger partial charge is 0.326 e. The van der Waals surface area contributed by atoms with E-state index in [1.54, 1.807) is 24.3 Å². The van der Waals surface area contributed by atoms with Crippen LogP contribution in [-0.2, 0) is 9.59 Å². The first-order valence-corrected chi connectivity index (χ1v) is 7.37. The summed E-state index contributed by atoms with van der Waals surface area (Å²) >= 11 is 0. The summed E-state index contributed by atoms with van der Waals surface area (Å²) in [6, 6.07) is 16.3. The third-order valence-corrected chi connectivity index (χ3v) is 3.33. The molecule has 0 aliphatic carbocycles. The van der Waals surface area contributed by atoms with Gasteiger partial charge in [0.15, 0.2) is 0 Å². The maximum absolute atomic E-state index is 12.6. The van der Waals surface area contributed by atoms with E-state index in [-0.39, 0.29) is 17.9 Å². The molecule has 0 saturated heterocycles. The van der Waals surface area contributed by atoms with E-state index < -0.39 is 0 Å². The van der Waals surface area contributed by atoms with Crippen LogP contribution in [0, 0.1) is 0 Å². The van der Waals surface area contributed by atoms with Crippen LogP contribution in [0.25, 0.3) is 0 Å². The molecule has 5 heteroatoms. The standard InChI is InChI=1S/C18H21N3O2/c1-13(22)19-15-10-7-11-16(12-15)20-18(23)17(21(2)3)14-8-5-4-6-9-14/h4-12,17H,1-3H3,(H,19,22)(H,20,23). The minimum absolute atomic E-state index is 0.124. The quantitative estimate of drug-likeness (QED) is 0.892. The molecule has 0 aromatic heterocycles. The number of carbonyl (C=O) groups excluding carboxylic acids is 2. The van der Waals surface area contributed by atoms with Crippen LogP contribution in [0.15, 0.2) is 54.6 Å². The molecule has 0 radical (unpaired) electrons. The number of nitrogens with one attached hydrogen (secondary N) is 2. The first kappa shape index (κ1) is 16.7. The molecule has 1 atom stereocenters. The maximum Gasteiger partial charge on any atom is 0.246 e. The molecule has 2 rings (SSSR count). The molecule has 2 N–H and O–H groups in total. The molecule has 0 heterocycles. The Morgan fingerprint density at radius 3 is 2.09 bits per heavy atom. The van der Waals surface area contributed by atoms with Crippen molar-refractivity contribution < 1.29 is 9.59 Å². The summed E-state index contributed by atoms with van der Waals surface area (Å²) in [5, 5.41) is 5.61. The van der Waals surface area contributed by atoms with E-state index in [1.165, 1.54) is 6.92 Å². The number of benzene rings is 2. The molecule has 2 amide bonds. The van der Waals surface area contributed by atoms with Crippen LogP contribution in [-0.4, -0.2) is 30.8 Å². The summed E-state index contributed by atoms with van der Waals surface area (Å²) in [5.74, 6) is -0.273. The summed E-state index contributed by atoms with van der Waals surface area (Å²) in [4.78, 5) is 25.6. The van der Waals surface area contributed by atoms with Crippen LogP contribution in [0.5, 0.6) is 0 Å². The van der Waals surface area contributed by atoms with Gasteiger partial charge in [0.1, 0.15) is 6.04 Å². The van der Waals surface area contributed by atoms with Crippen LogP contribution in [0.3, 0.4) is 0 Å². The lowest BCUT2D eigenvalue weighted by Gasteiger charge is -2.24. The van der Waals surface area contributed by atoms with E-state index in [0.29, 0.717) is 11.4 Å². The van der Waals surface area contributed by atoms with Gasteiger partial charge in [-0.2, -0.15) is 0 Å². The number of carbonyl (C=O) groups is 2. The van der Waals surface area contributed by atoms with Gasteiger partial charge in [0.2, 0.25) is 11.8 Å². The molecular weight excluding hydrogens is 290 g/mol. The summed E-state index contributed by atoms with van der Waals surface area (Å²) in [6.45, 7) is 1.45. The minimum Gasteiger partial charge on any atom is -0.326 e. The molecular formula is C18H21N3O2. The first-order chi connectivity index (χ1) is 11.0. The molecule has 23 heavy (non-hydrogen) atoms. The number of nitrogens with zero attached hydrogens (tertiary/aromatic N) is 1. The summed E-state index contributed by atoms with van der Waals surface area (Å²) in [5.41, 5.74) is 2.22. The Labute approximate surface area is 136 Å². The molecule has 0 spiro atoms. The average molecular weight is 311 g/mol. The Bertz CT molecular complexity index is 684. The molecule has 0 fully saturated rings. The van der Waals surface area contributed by atoms with E-state index >= 15 is 0 Å². The number of likely N-dealkylation sites (N-methyl/N-ethyl adjacent to an activating group) is 1. The van der Waals surface area contributed by atoms with Gasteiger partial charge in [-0.15, -0.1) is 0 Å². The highest BCUT2D eigenvalue weighted by molar-refractivity contribution is 5.96. The zero-order valence-corrected chi connectivity index (χ0v) is 13.5. The fourth-order valence-electron chi connectivity index (χ4n) is 2.41. The van der Waals surface area contributed by atoms with Crippen molar-refractivity contribution in [2.75, 3.05) is 24.7 Å². The smallest absolute Gasteiger partial charge is 0.246 e. The number of hydrogen-bond acceptors (Lipinski definition) is 3. The Balaban J connectivity index is 2.18. The highest BCUT2D eigenvalue weighted by Gasteiger charge is 2.22. The van der Waals surface area contributed by atoms with Gasteiger partial charge in [-0.3, -0.25) is 14.5 Å². The van der Waals surface area contributed by atoms with Gasteiger partial charge in [-0.05, 0) is 37.9 Å². The zero-order chi connectivity index (χ0) is 16.8. The molecule has 0 bridgehead atoms. The van der Waals surface area contributed by atoms with Crippen LogP contribution < -0.4 is 10.6 Å². The predicted octanol–water partition coefficient (Wildman–Crippen LogP) is 2.89. The third kappa shape index (κ3) is 4.66. The number of anilines is 2. The molecule has 0 aliphatic heterocycles. The number of amides is 2. The average Bonchev–Trinajstić information content (AvgIpc) is 2.47. The van der Waals surface area contributed by atoms with Crippen LogP contribution >= 0.6 is 0 Å². The fraction of sp³-hybridized carbons (Fsp3) is 0.222. The second-order valence-corrected chi connectivity index (χ2v) is 5.53. The maximum atomic E-state index is 12.6. The molecule has 5 nitrogen and oxygen atoms in total. The lowest BCUT2D eigenvalue weighted by molar-refractivity contribution is -0.120. The second-order valence-electron chi connectivity index (χ2n) is 5.53. The topological polar surface area (TPSA) is 61.4 Å². The second kappa shape index (κ2) is 7.56. The van der Waals surface area contributed by atoms with E-state index in [0.717, 1.165) is 5.56 Å². The fourth-order valence-corrected chi connectivity index (χ4v) is 2.41. The van der Waals surface area contributed by atoms with Gasteiger partial charge < -0.3 is 10.6 Å². The lowest BCUT2D eigenvalue weighted by Crippen LogP contribution is -2.32. The Hall–Kier alpha value is -2.66. The lowest BCUT2D eigenvalue weighted by atomic mass is 10.1. The molecule has 1 unspecified atom stereocenters. The van der Waals surface area contributed by atoms with Crippen molar-refractivity contribution in [2.24, 2.45) is 0 Å². The van der Waals surface area contributed by atoms with Gasteiger partial charge in [0, 0.05) is 18.3 Å². The Morgan fingerprint density at radius 2 is 1.52 bits per heavy atom. The summed E-state index contributed by atoms with van der Waals surface area (Å²) in [6.07, 6.45) is 0. The van der Waals surface area contributed by atoms with Crippen molar-refractivity contribution >= 4 is 23.2 Å². The molecule has 0 saturated carbocycles. The minimum atomic E-state index is -0.388. The van der Waals surface area contributed by atoms with Crippen LogP contribution in [0.4, 0.5) is 11.4 Å². The van der Waals surface area contributed by atoms with Crippen molar-refractivity contribution in [3.63, 3.8) is 0 Å². The monoisotopic (exact) mass is 311 g/mol. The first-order valence-electron chi connectivity index (χ1n) is 7.37. The van der Waals surface area contributed by atoms with Crippen molar-refractivity contribution in [2.45, 2.75) is 13.0 Å². The molecule has 120 valence electrons. The normalized spacial score (nSPS) is 11.8. The zero-order valence-electron chi connectivity index (χ0n) is 13.5. The van der Waals surface area contributed by atoms with Crippen LogP contribution in [0.2, 0.25) is 0 Å². The molecule has 2 aromatic carbocycles. The van der Waals surface area contributed by atoms with Gasteiger partial charge in [0.05, 0.1) is 0 Å². The molecule has 0 aliphatic rings. The van der Waals surface area contributed by atoms with E-state index in [9.17, 15) is 9.59 Å². The van der Waals surface area contributed by atoms with Gasteiger partial charge in [-0.25, -0.2) is 0 Å². The van der Waals surface area contributed by atoms with E-state index in [1.807, 2.05) is 49.3 Å². The van der Waals surface area contributed by atoms with Crippen molar-refractivity contribution in [3.05, 3.63) is 60.2 Å². The summed E-state index contributed by atoms with van der Waals surface area (Å²) < 4.78 is 0. The Kier molecular flexibility index (Phi) is 5.49. The van der Waals surface area contributed by atoms with Crippen molar-refractivity contribution in [1.82, 2.24) is 4.90 Å². The highest BCUT2D eigenvalue weighted by Crippen LogP contribution is 2.21. The van der Waals surface area contributed by atoms with Gasteiger partial charge >= 0.3 is 0 Å². The van der Waals surface area contributed by atoms with Crippen molar-refractivity contribution in [1.29, 1.82) is 0 Å². The number of hydrogen-bond donors (Lipinski definition) is 2. The SMILES string of the molecule is CC(=O)Nc1cccc(NC(=O)C(c2ccccc2)N(C)C)c1. The van der Waals surface area contributed by atoms with E-state index in [2.05, 4.69) is 10.6 Å².